The molecule has 2 aromatic rings. The lowest BCUT2D eigenvalue weighted by Crippen LogP contribution is -2.41. The van der Waals surface area contributed by atoms with Crippen LogP contribution in [-0.2, 0) is 15.3 Å². The maximum atomic E-state index is 12.0. The lowest BCUT2D eigenvalue weighted by atomic mass is 10.3. The number of H-pyrrole nitrogens is 1. The molecule has 0 radical (unpaired) electrons. The van der Waals surface area contributed by atoms with Crippen molar-refractivity contribution in [3.05, 3.63) is 30.1 Å². The predicted molar refractivity (Wildman–Crippen MR) is 79.7 cm³/mol. The highest BCUT2D eigenvalue weighted by molar-refractivity contribution is 7.99. The van der Waals surface area contributed by atoms with Gasteiger partial charge in [-0.2, -0.15) is 0 Å². The van der Waals surface area contributed by atoms with Crippen molar-refractivity contribution in [2.45, 2.75) is 5.75 Å². The number of para-hydroxylation sites is 2. The van der Waals surface area contributed by atoms with Crippen LogP contribution < -0.4 is 0 Å². The molecule has 0 unspecified atom stereocenters. The summed E-state index contributed by atoms with van der Waals surface area (Å²) in [5, 5.41) is 0. The fraction of sp³-hybridized carbons (Fsp3) is 0.429. The molecule has 1 N–H and O–H groups in total. The summed E-state index contributed by atoms with van der Waals surface area (Å²) in [6.07, 6.45) is 0. The highest BCUT2D eigenvalue weighted by Crippen LogP contribution is 2.15. The van der Waals surface area contributed by atoms with Gasteiger partial charge in [-0.05, 0) is 12.1 Å². The van der Waals surface area contributed by atoms with E-state index in [9.17, 15) is 4.79 Å². The van der Waals surface area contributed by atoms with Crippen LogP contribution in [0.15, 0.2) is 24.3 Å². The smallest absolute Gasteiger partial charge is 0.232 e. The van der Waals surface area contributed by atoms with Gasteiger partial charge in [0, 0.05) is 13.1 Å². The molecule has 1 aromatic heterocycles. The Morgan fingerprint density at radius 3 is 2.95 bits per heavy atom. The number of benzene rings is 1. The molecule has 0 bridgehead atoms. The first-order chi connectivity index (χ1) is 9.83. The summed E-state index contributed by atoms with van der Waals surface area (Å²) in [6, 6.07) is 7.95. The third kappa shape index (κ3) is 3.13. The maximum Gasteiger partial charge on any atom is 0.232 e. The van der Waals surface area contributed by atoms with E-state index in [1.807, 2.05) is 29.2 Å². The Labute approximate surface area is 121 Å². The average molecular weight is 291 g/mol. The number of imidazole rings is 1. The second-order valence-corrected chi connectivity index (χ2v) is 5.67. The number of hydrogen-bond donors (Lipinski definition) is 1. The van der Waals surface area contributed by atoms with Crippen LogP contribution in [0.25, 0.3) is 11.0 Å². The molecule has 1 amide bonds. The largest absolute Gasteiger partial charge is 0.378 e. The Morgan fingerprint density at radius 1 is 1.35 bits per heavy atom. The van der Waals surface area contributed by atoms with Gasteiger partial charge in [0.25, 0.3) is 0 Å². The minimum atomic E-state index is 0.189. The number of rotatable bonds is 4. The number of hydrogen-bond acceptors (Lipinski definition) is 4. The number of carbonyl (C=O) groups is 1. The summed E-state index contributed by atoms with van der Waals surface area (Å²) in [5.74, 6) is 2.34. The van der Waals surface area contributed by atoms with Crippen molar-refractivity contribution < 1.29 is 9.53 Å². The van der Waals surface area contributed by atoms with E-state index in [2.05, 4.69) is 9.97 Å². The van der Waals surface area contributed by atoms with E-state index in [-0.39, 0.29) is 5.91 Å². The SMILES string of the molecule is O=C(CSCc1nc2ccccc2[nH]1)N1CCOCC1. The van der Waals surface area contributed by atoms with Crippen LogP contribution in [0.3, 0.4) is 0 Å². The van der Waals surface area contributed by atoms with Crippen LogP contribution in [0.2, 0.25) is 0 Å². The van der Waals surface area contributed by atoms with Gasteiger partial charge in [0.05, 0.1) is 35.8 Å². The Hall–Kier alpha value is -1.53. The standard InChI is InChI=1S/C14H17N3O2S/c18-14(17-5-7-19-8-6-17)10-20-9-13-15-11-3-1-2-4-12(11)16-13/h1-4H,5-10H2,(H,15,16). The monoisotopic (exact) mass is 291 g/mol. The van der Waals surface area contributed by atoms with E-state index in [4.69, 9.17) is 4.74 Å². The third-order valence-corrected chi connectivity index (χ3v) is 4.20. The van der Waals surface area contributed by atoms with E-state index < -0.39 is 0 Å². The number of ether oxygens (including phenoxy) is 1. The van der Waals surface area contributed by atoms with Gasteiger partial charge in [-0.25, -0.2) is 4.98 Å². The summed E-state index contributed by atoms with van der Waals surface area (Å²) in [6.45, 7) is 2.73. The number of aromatic nitrogens is 2. The van der Waals surface area contributed by atoms with Crippen molar-refractivity contribution in [3.8, 4) is 0 Å². The Balaban J connectivity index is 1.50. The molecule has 3 rings (SSSR count). The van der Waals surface area contributed by atoms with Crippen molar-refractivity contribution in [3.63, 3.8) is 0 Å². The molecule has 0 saturated carbocycles. The van der Waals surface area contributed by atoms with Gasteiger partial charge in [0.1, 0.15) is 5.82 Å². The van der Waals surface area contributed by atoms with Gasteiger partial charge >= 0.3 is 0 Å². The predicted octanol–water partition coefficient (Wildman–Crippen LogP) is 1.65. The summed E-state index contributed by atoms with van der Waals surface area (Å²) in [7, 11) is 0. The summed E-state index contributed by atoms with van der Waals surface area (Å²) < 4.78 is 5.24. The van der Waals surface area contributed by atoms with Crippen molar-refractivity contribution in [1.29, 1.82) is 0 Å². The topological polar surface area (TPSA) is 58.2 Å². The molecule has 0 atom stereocenters. The second-order valence-electron chi connectivity index (χ2n) is 4.69. The number of thioether (sulfide) groups is 1. The zero-order valence-corrected chi connectivity index (χ0v) is 12.0. The third-order valence-electron chi connectivity index (χ3n) is 3.27. The number of carbonyl (C=O) groups excluding carboxylic acids is 1. The minimum absolute atomic E-state index is 0.189. The first-order valence-electron chi connectivity index (χ1n) is 6.70. The van der Waals surface area contributed by atoms with Gasteiger partial charge in [-0.3, -0.25) is 4.79 Å². The average Bonchev–Trinajstić information content (AvgIpc) is 2.90. The van der Waals surface area contributed by atoms with Crippen molar-refractivity contribution in [2.24, 2.45) is 0 Å². The molecule has 1 fully saturated rings. The van der Waals surface area contributed by atoms with E-state index in [0.717, 1.165) is 22.6 Å². The van der Waals surface area contributed by atoms with Gasteiger partial charge in [-0.1, -0.05) is 12.1 Å². The lowest BCUT2D eigenvalue weighted by Gasteiger charge is -2.26. The Morgan fingerprint density at radius 2 is 2.15 bits per heavy atom. The fourth-order valence-electron chi connectivity index (χ4n) is 2.21. The van der Waals surface area contributed by atoms with E-state index in [0.29, 0.717) is 32.1 Å². The molecule has 0 aliphatic carbocycles. The van der Waals surface area contributed by atoms with Crippen LogP contribution in [0.5, 0.6) is 0 Å². The van der Waals surface area contributed by atoms with Crippen LogP contribution >= 0.6 is 11.8 Å². The van der Waals surface area contributed by atoms with Gasteiger partial charge in [0.15, 0.2) is 0 Å². The molecule has 20 heavy (non-hydrogen) atoms. The summed E-state index contributed by atoms with van der Waals surface area (Å²) >= 11 is 1.60. The zero-order valence-electron chi connectivity index (χ0n) is 11.2. The molecule has 1 saturated heterocycles. The normalized spacial score (nSPS) is 15.7. The van der Waals surface area contributed by atoms with Crippen LogP contribution in [-0.4, -0.2) is 52.8 Å². The number of nitrogens with one attached hydrogen (secondary N) is 1. The Kier molecular flexibility index (Phi) is 4.22. The molecular formula is C14H17N3O2S. The van der Waals surface area contributed by atoms with Crippen molar-refractivity contribution in [1.82, 2.24) is 14.9 Å². The zero-order chi connectivity index (χ0) is 13.8. The number of aromatic amines is 1. The molecule has 2 heterocycles. The van der Waals surface area contributed by atoms with E-state index in [1.54, 1.807) is 11.8 Å². The molecule has 1 aromatic carbocycles. The van der Waals surface area contributed by atoms with E-state index >= 15 is 0 Å². The van der Waals surface area contributed by atoms with Crippen LogP contribution in [0, 0.1) is 0 Å². The van der Waals surface area contributed by atoms with Crippen molar-refractivity contribution in [2.75, 3.05) is 32.1 Å². The summed E-state index contributed by atoms with van der Waals surface area (Å²) in [5.41, 5.74) is 2.02. The van der Waals surface area contributed by atoms with E-state index in [1.165, 1.54) is 0 Å². The van der Waals surface area contributed by atoms with Gasteiger partial charge < -0.3 is 14.6 Å². The number of amides is 1. The minimum Gasteiger partial charge on any atom is -0.378 e. The van der Waals surface area contributed by atoms with Crippen LogP contribution in [0.4, 0.5) is 0 Å². The molecule has 1 aliphatic rings. The number of nitrogens with zero attached hydrogens (tertiary/aromatic N) is 2. The summed E-state index contributed by atoms with van der Waals surface area (Å²) in [4.78, 5) is 21.6. The molecule has 0 spiro atoms. The molecular weight excluding hydrogens is 274 g/mol. The van der Waals surface area contributed by atoms with Crippen LogP contribution in [0.1, 0.15) is 5.82 Å². The quantitative estimate of drug-likeness (QED) is 0.930. The number of morpholine rings is 1. The Bertz CT molecular complexity index is 560. The van der Waals surface area contributed by atoms with Gasteiger partial charge in [-0.15, -0.1) is 11.8 Å². The number of fused-ring (bicyclic) bond motifs is 1. The fourth-order valence-corrected chi connectivity index (χ4v) is 3.00. The second kappa shape index (κ2) is 6.28. The lowest BCUT2D eigenvalue weighted by molar-refractivity contribution is -0.132. The first-order valence-corrected chi connectivity index (χ1v) is 7.85. The highest BCUT2D eigenvalue weighted by atomic mass is 32.2. The highest BCUT2D eigenvalue weighted by Gasteiger charge is 2.16. The molecule has 1 aliphatic heterocycles. The maximum absolute atomic E-state index is 12.0. The van der Waals surface area contributed by atoms with Gasteiger partial charge in [0.2, 0.25) is 5.91 Å². The van der Waals surface area contributed by atoms with Crippen molar-refractivity contribution >= 4 is 28.7 Å². The molecule has 5 nitrogen and oxygen atoms in total. The molecule has 6 heteroatoms. The molecule has 106 valence electrons. The first kappa shape index (κ1) is 13.5.